The molecule has 7 heteroatoms. The molecule has 1 fully saturated rings. The number of imidazole rings is 1. The molecule has 0 saturated carbocycles. The molecule has 1 saturated heterocycles. The Morgan fingerprint density at radius 3 is 3.12 bits per heavy atom. The predicted octanol–water partition coefficient (Wildman–Crippen LogP) is 2.61. The number of rotatable bonds is 4. The average molecular weight is 338 g/mol. The number of aromatic nitrogens is 5. The van der Waals surface area contributed by atoms with Gasteiger partial charge in [-0.1, -0.05) is 6.07 Å². The lowest BCUT2D eigenvalue weighted by atomic mass is 10.0. The third-order valence-electron chi connectivity index (χ3n) is 4.82. The summed E-state index contributed by atoms with van der Waals surface area (Å²) in [5.41, 5.74) is 3.20. The van der Waals surface area contributed by atoms with Gasteiger partial charge in [-0.3, -0.25) is 9.48 Å². The molecular formula is C18H22N6O. The van der Waals surface area contributed by atoms with Crippen molar-refractivity contribution in [1.82, 2.24) is 29.6 Å². The highest BCUT2D eigenvalue weighted by atomic mass is 16.2. The number of hydrogen-bond acceptors (Lipinski definition) is 4. The summed E-state index contributed by atoms with van der Waals surface area (Å²) in [4.78, 5) is 26.8. The Labute approximate surface area is 146 Å². The Balaban J connectivity index is 1.54. The first-order valence-corrected chi connectivity index (χ1v) is 8.79. The van der Waals surface area contributed by atoms with E-state index >= 15 is 0 Å². The summed E-state index contributed by atoms with van der Waals surface area (Å²) in [6, 6.07) is 6.23. The van der Waals surface area contributed by atoms with E-state index in [0.717, 1.165) is 42.7 Å². The Hall–Kier alpha value is -2.70. The van der Waals surface area contributed by atoms with Crippen molar-refractivity contribution in [2.75, 3.05) is 6.54 Å². The van der Waals surface area contributed by atoms with Gasteiger partial charge < -0.3 is 9.88 Å². The van der Waals surface area contributed by atoms with Crippen molar-refractivity contribution in [2.45, 2.75) is 45.2 Å². The molecule has 130 valence electrons. The third-order valence-corrected chi connectivity index (χ3v) is 4.82. The zero-order chi connectivity index (χ0) is 17.2. The van der Waals surface area contributed by atoms with Gasteiger partial charge in [0.15, 0.2) is 0 Å². The van der Waals surface area contributed by atoms with Crippen LogP contribution in [0.5, 0.6) is 0 Å². The average Bonchev–Trinajstić information content (AvgIpc) is 3.28. The van der Waals surface area contributed by atoms with E-state index in [2.05, 4.69) is 34.1 Å². The second-order valence-corrected chi connectivity index (χ2v) is 6.65. The van der Waals surface area contributed by atoms with Gasteiger partial charge in [0.1, 0.15) is 18.5 Å². The molecule has 1 aliphatic rings. The first-order chi connectivity index (χ1) is 12.2. The van der Waals surface area contributed by atoms with Crippen LogP contribution < -0.4 is 0 Å². The van der Waals surface area contributed by atoms with Crippen molar-refractivity contribution in [3.8, 4) is 0 Å². The summed E-state index contributed by atoms with van der Waals surface area (Å²) in [6.45, 7) is 3.42. The van der Waals surface area contributed by atoms with E-state index in [0.29, 0.717) is 13.0 Å². The number of fused-ring (bicyclic) bond motifs is 1. The number of amides is 1. The Morgan fingerprint density at radius 1 is 1.36 bits per heavy atom. The van der Waals surface area contributed by atoms with Crippen LogP contribution in [0.3, 0.4) is 0 Å². The molecule has 2 aromatic heterocycles. The van der Waals surface area contributed by atoms with Crippen molar-refractivity contribution in [3.63, 3.8) is 0 Å². The zero-order valence-electron chi connectivity index (χ0n) is 14.4. The Kier molecular flexibility index (Phi) is 4.21. The molecule has 1 amide bonds. The lowest BCUT2D eigenvalue weighted by Crippen LogP contribution is -2.39. The van der Waals surface area contributed by atoms with Crippen LogP contribution in [0.1, 0.15) is 43.1 Å². The summed E-state index contributed by atoms with van der Waals surface area (Å²) in [6.07, 6.45) is 6.68. The maximum Gasteiger partial charge on any atom is 0.225 e. The molecule has 1 N–H and O–H groups in total. The number of aromatic amines is 1. The van der Waals surface area contributed by atoms with E-state index < -0.39 is 0 Å². The molecule has 4 rings (SSSR count). The molecule has 0 radical (unpaired) electrons. The van der Waals surface area contributed by atoms with Crippen LogP contribution in [0.4, 0.5) is 0 Å². The lowest BCUT2D eigenvalue weighted by Gasteiger charge is -2.34. The molecule has 1 aromatic carbocycles. The van der Waals surface area contributed by atoms with E-state index in [1.165, 1.54) is 11.9 Å². The van der Waals surface area contributed by atoms with Gasteiger partial charge in [-0.15, -0.1) is 0 Å². The summed E-state index contributed by atoms with van der Waals surface area (Å²) >= 11 is 0. The number of nitrogens with zero attached hydrogens (tertiary/aromatic N) is 5. The number of likely N-dealkylation sites (tertiary alicyclic amines) is 1. The van der Waals surface area contributed by atoms with Gasteiger partial charge in [0.05, 0.1) is 23.6 Å². The van der Waals surface area contributed by atoms with Crippen LogP contribution in [0, 0.1) is 6.92 Å². The highest BCUT2D eigenvalue weighted by Crippen LogP contribution is 2.31. The molecule has 3 heterocycles. The van der Waals surface area contributed by atoms with Gasteiger partial charge in [-0.05, 0) is 43.9 Å². The van der Waals surface area contributed by atoms with Crippen molar-refractivity contribution >= 4 is 16.9 Å². The molecule has 1 aliphatic heterocycles. The van der Waals surface area contributed by atoms with E-state index in [9.17, 15) is 4.79 Å². The van der Waals surface area contributed by atoms with Gasteiger partial charge >= 0.3 is 0 Å². The van der Waals surface area contributed by atoms with Gasteiger partial charge in [-0.25, -0.2) is 9.97 Å². The van der Waals surface area contributed by atoms with Crippen molar-refractivity contribution in [2.24, 2.45) is 0 Å². The summed E-state index contributed by atoms with van der Waals surface area (Å²) < 4.78 is 1.70. The molecule has 1 atom stereocenters. The van der Waals surface area contributed by atoms with Crippen LogP contribution in [0.15, 0.2) is 30.9 Å². The number of carbonyl (C=O) groups excluding carboxylic acids is 1. The van der Waals surface area contributed by atoms with Crippen LogP contribution in [-0.2, 0) is 11.3 Å². The van der Waals surface area contributed by atoms with Crippen molar-refractivity contribution < 1.29 is 4.79 Å². The lowest BCUT2D eigenvalue weighted by molar-refractivity contribution is -0.135. The summed E-state index contributed by atoms with van der Waals surface area (Å²) in [7, 11) is 0. The van der Waals surface area contributed by atoms with Crippen LogP contribution in [0.25, 0.3) is 11.0 Å². The minimum Gasteiger partial charge on any atom is -0.340 e. The number of nitrogens with one attached hydrogen (secondary N) is 1. The fourth-order valence-electron chi connectivity index (χ4n) is 3.52. The quantitative estimate of drug-likeness (QED) is 0.793. The zero-order valence-corrected chi connectivity index (χ0v) is 14.4. The van der Waals surface area contributed by atoms with Crippen LogP contribution >= 0.6 is 0 Å². The monoisotopic (exact) mass is 338 g/mol. The smallest absolute Gasteiger partial charge is 0.225 e. The molecule has 7 nitrogen and oxygen atoms in total. The Morgan fingerprint density at radius 2 is 2.28 bits per heavy atom. The molecule has 0 bridgehead atoms. The largest absolute Gasteiger partial charge is 0.340 e. The van der Waals surface area contributed by atoms with E-state index in [1.54, 1.807) is 11.0 Å². The van der Waals surface area contributed by atoms with E-state index in [1.807, 2.05) is 11.0 Å². The number of aryl methyl sites for hydroxylation is 2. The predicted molar refractivity (Wildman–Crippen MR) is 93.8 cm³/mol. The van der Waals surface area contributed by atoms with Crippen molar-refractivity contribution in [3.05, 3.63) is 42.2 Å². The minimum absolute atomic E-state index is 0.0321. The van der Waals surface area contributed by atoms with Crippen molar-refractivity contribution in [1.29, 1.82) is 0 Å². The number of hydrogen-bond donors (Lipinski definition) is 1. The standard InChI is InChI=1S/C18H22N6O/c1-13-5-6-14-15(10-13)22-18(21-14)16-4-2-3-8-24(16)17(25)7-9-23-12-19-11-20-23/h5-6,10-12,16H,2-4,7-9H2,1H3,(H,21,22). The van der Waals surface area contributed by atoms with Gasteiger partial charge in [0.25, 0.3) is 0 Å². The normalized spacial score (nSPS) is 18.0. The maximum absolute atomic E-state index is 12.8. The molecule has 0 aliphatic carbocycles. The minimum atomic E-state index is 0.0321. The van der Waals surface area contributed by atoms with Crippen LogP contribution in [-0.4, -0.2) is 42.1 Å². The first kappa shape index (κ1) is 15.8. The number of piperidine rings is 1. The summed E-state index contributed by atoms with van der Waals surface area (Å²) in [5, 5.41) is 4.06. The SMILES string of the molecule is Cc1ccc2nc(C3CCCCN3C(=O)CCn3cncn3)[nH]c2c1. The summed E-state index contributed by atoms with van der Waals surface area (Å²) in [5.74, 6) is 1.05. The fraction of sp³-hybridized carbons (Fsp3) is 0.444. The molecule has 25 heavy (non-hydrogen) atoms. The third kappa shape index (κ3) is 3.26. The van der Waals surface area contributed by atoms with Crippen LogP contribution in [0.2, 0.25) is 0 Å². The van der Waals surface area contributed by atoms with Gasteiger partial charge in [0.2, 0.25) is 5.91 Å². The Bertz CT molecular complexity index is 869. The van der Waals surface area contributed by atoms with Gasteiger partial charge in [0, 0.05) is 13.0 Å². The van der Waals surface area contributed by atoms with E-state index in [4.69, 9.17) is 4.98 Å². The molecule has 1 unspecified atom stereocenters. The second kappa shape index (κ2) is 6.66. The fourth-order valence-corrected chi connectivity index (χ4v) is 3.52. The molecule has 3 aromatic rings. The highest BCUT2D eigenvalue weighted by Gasteiger charge is 2.29. The number of benzene rings is 1. The number of H-pyrrole nitrogens is 1. The topological polar surface area (TPSA) is 79.7 Å². The second-order valence-electron chi connectivity index (χ2n) is 6.65. The highest BCUT2D eigenvalue weighted by molar-refractivity contribution is 5.78. The maximum atomic E-state index is 12.8. The number of carbonyl (C=O) groups is 1. The first-order valence-electron chi connectivity index (χ1n) is 8.79. The van der Waals surface area contributed by atoms with Gasteiger partial charge in [-0.2, -0.15) is 5.10 Å². The van der Waals surface area contributed by atoms with E-state index in [-0.39, 0.29) is 11.9 Å². The molecular weight excluding hydrogens is 316 g/mol. The molecule has 0 spiro atoms.